The number of carbonyl (C=O) groups excluding carboxylic acids is 2. The first kappa shape index (κ1) is 18.2. The molecular weight excluding hydrogens is 317 g/mol. The number of benzene rings is 1. The molecule has 0 fully saturated rings. The van der Waals surface area contributed by atoms with Crippen molar-refractivity contribution in [3.8, 4) is 5.75 Å². The topological polar surface area (TPSA) is 76.1 Å². The zero-order chi connectivity index (χ0) is 16.7. The fourth-order valence-electron chi connectivity index (χ4n) is 1.64. The fourth-order valence-corrected chi connectivity index (χ4v) is 1.74. The van der Waals surface area contributed by atoms with Crippen molar-refractivity contribution in [1.82, 2.24) is 0 Å². The lowest BCUT2D eigenvalue weighted by molar-refractivity contribution is -0.132. The zero-order valence-electron chi connectivity index (χ0n) is 12.2. The number of alkyl halides is 1. The lowest BCUT2D eigenvalue weighted by atomic mass is 10.2. The largest absolute Gasteiger partial charge is 0.449 e. The normalized spacial score (nSPS) is 11.7. The summed E-state index contributed by atoms with van der Waals surface area (Å²) in [4.78, 5) is 23.8. The van der Waals surface area contributed by atoms with Crippen LogP contribution in [0.25, 0.3) is 0 Å². The number of halogens is 2. The third kappa shape index (κ3) is 5.16. The van der Waals surface area contributed by atoms with Gasteiger partial charge < -0.3 is 14.6 Å². The quantitative estimate of drug-likeness (QED) is 0.491. The van der Waals surface area contributed by atoms with Crippen LogP contribution < -0.4 is 9.64 Å². The van der Waals surface area contributed by atoms with Gasteiger partial charge in [0.15, 0.2) is 11.6 Å². The van der Waals surface area contributed by atoms with E-state index in [-0.39, 0.29) is 30.5 Å². The van der Waals surface area contributed by atoms with Gasteiger partial charge in [-0.05, 0) is 19.1 Å². The molecule has 0 saturated carbocycles. The van der Waals surface area contributed by atoms with E-state index in [0.29, 0.717) is 0 Å². The number of ether oxygens (including phenoxy) is 2. The van der Waals surface area contributed by atoms with E-state index in [1.807, 2.05) is 0 Å². The van der Waals surface area contributed by atoms with Crippen molar-refractivity contribution < 1.29 is 28.6 Å². The molecule has 1 unspecified atom stereocenters. The molecule has 0 bridgehead atoms. The Bertz CT molecular complexity index is 540. The van der Waals surface area contributed by atoms with Gasteiger partial charge in [-0.25, -0.2) is 9.18 Å². The summed E-state index contributed by atoms with van der Waals surface area (Å²) >= 11 is 5.52. The van der Waals surface area contributed by atoms with Gasteiger partial charge in [-0.2, -0.15) is 0 Å². The van der Waals surface area contributed by atoms with Gasteiger partial charge in [0, 0.05) is 13.0 Å². The monoisotopic (exact) mass is 333 g/mol. The first-order valence-corrected chi connectivity index (χ1v) is 7.08. The Hall–Kier alpha value is -1.86. The van der Waals surface area contributed by atoms with Crippen LogP contribution in [0.5, 0.6) is 5.75 Å². The number of nitrogens with zero attached hydrogens (tertiary/aromatic N) is 1. The molecule has 1 atom stereocenters. The molecule has 1 aromatic rings. The number of aliphatic hydroxyl groups excluding tert-OH is 1. The molecule has 22 heavy (non-hydrogen) atoms. The van der Waals surface area contributed by atoms with Crippen molar-refractivity contribution in [3.05, 3.63) is 24.0 Å². The van der Waals surface area contributed by atoms with Crippen molar-refractivity contribution in [2.75, 3.05) is 23.9 Å². The second-order valence-corrected chi connectivity index (χ2v) is 4.63. The van der Waals surface area contributed by atoms with E-state index >= 15 is 0 Å². The molecule has 6 nitrogen and oxygen atoms in total. The highest BCUT2D eigenvalue weighted by atomic mass is 35.5. The molecule has 1 amide bonds. The third-order valence-electron chi connectivity index (χ3n) is 2.54. The second-order valence-electron chi connectivity index (χ2n) is 4.33. The van der Waals surface area contributed by atoms with Crippen LogP contribution in [0.15, 0.2) is 18.2 Å². The average molecular weight is 334 g/mol. The molecule has 122 valence electrons. The number of aliphatic hydroxyl groups is 1. The molecule has 0 heterocycles. The van der Waals surface area contributed by atoms with Crippen LogP contribution in [0, 0.1) is 5.82 Å². The predicted octanol–water partition coefficient (Wildman–Crippen LogP) is 2.31. The van der Waals surface area contributed by atoms with Crippen LogP contribution in [-0.4, -0.2) is 42.3 Å². The van der Waals surface area contributed by atoms with Crippen molar-refractivity contribution in [1.29, 1.82) is 0 Å². The molecule has 1 aromatic carbocycles. The minimum atomic E-state index is -0.998. The maximum absolute atomic E-state index is 13.9. The highest BCUT2D eigenvalue weighted by molar-refractivity contribution is 6.18. The Balaban J connectivity index is 3.05. The summed E-state index contributed by atoms with van der Waals surface area (Å²) in [6.45, 7) is 2.74. The summed E-state index contributed by atoms with van der Waals surface area (Å²) < 4.78 is 23.4. The van der Waals surface area contributed by atoms with Crippen molar-refractivity contribution in [2.45, 2.75) is 20.0 Å². The Morgan fingerprint density at radius 3 is 2.64 bits per heavy atom. The van der Waals surface area contributed by atoms with Gasteiger partial charge in [0.1, 0.15) is 0 Å². The minimum absolute atomic E-state index is 0.0933. The predicted molar refractivity (Wildman–Crippen MR) is 78.8 cm³/mol. The Kier molecular flexibility index (Phi) is 7.07. The molecule has 8 heteroatoms. The molecule has 0 radical (unpaired) electrons. The third-order valence-corrected chi connectivity index (χ3v) is 2.90. The van der Waals surface area contributed by atoms with Crippen LogP contribution in [-0.2, 0) is 9.53 Å². The maximum atomic E-state index is 13.9. The molecule has 1 N–H and O–H groups in total. The summed E-state index contributed by atoms with van der Waals surface area (Å²) in [7, 11) is 0. The van der Waals surface area contributed by atoms with E-state index in [1.54, 1.807) is 6.92 Å². The van der Waals surface area contributed by atoms with Crippen LogP contribution in [0.3, 0.4) is 0 Å². The first-order chi connectivity index (χ1) is 10.4. The lowest BCUT2D eigenvalue weighted by Crippen LogP contribution is -2.38. The Morgan fingerprint density at radius 2 is 2.14 bits per heavy atom. The standard InChI is InChI=1S/C14H17ClFNO5/c1-3-21-14(20)17(8-11(19)7-15)10-4-5-13(12(16)6-10)22-9(2)18/h4-6,11,19H,3,7-8H2,1-2H3. The number of carbonyl (C=O) groups is 2. The van der Waals surface area contributed by atoms with Crippen molar-refractivity contribution in [3.63, 3.8) is 0 Å². The summed E-state index contributed by atoms with van der Waals surface area (Å²) in [5, 5.41) is 9.61. The number of esters is 1. The smallest absolute Gasteiger partial charge is 0.414 e. The zero-order valence-corrected chi connectivity index (χ0v) is 13.0. The van der Waals surface area contributed by atoms with Gasteiger partial charge >= 0.3 is 12.1 Å². The Labute approximate surface area is 132 Å². The number of hydrogen-bond donors (Lipinski definition) is 1. The first-order valence-electron chi connectivity index (χ1n) is 6.55. The van der Waals surface area contributed by atoms with Crippen LogP contribution in [0.1, 0.15) is 13.8 Å². The van der Waals surface area contributed by atoms with Crippen LogP contribution in [0.2, 0.25) is 0 Å². The molecule has 0 aromatic heterocycles. The van der Waals surface area contributed by atoms with Gasteiger partial charge in [-0.1, -0.05) is 0 Å². The Morgan fingerprint density at radius 1 is 1.45 bits per heavy atom. The van der Waals surface area contributed by atoms with Crippen LogP contribution in [0.4, 0.5) is 14.9 Å². The van der Waals surface area contributed by atoms with Crippen molar-refractivity contribution in [2.24, 2.45) is 0 Å². The maximum Gasteiger partial charge on any atom is 0.414 e. The van der Waals surface area contributed by atoms with E-state index in [4.69, 9.17) is 16.3 Å². The van der Waals surface area contributed by atoms with E-state index < -0.39 is 24.0 Å². The second kappa shape index (κ2) is 8.55. The van der Waals surface area contributed by atoms with Gasteiger partial charge in [0.05, 0.1) is 30.8 Å². The van der Waals surface area contributed by atoms with E-state index in [0.717, 1.165) is 17.9 Å². The van der Waals surface area contributed by atoms with Crippen LogP contribution >= 0.6 is 11.6 Å². The van der Waals surface area contributed by atoms with Gasteiger partial charge in [-0.3, -0.25) is 9.69 Å². The molecule has 0 spiro atoms. The van der Waals surface area contributed by atoms with E-state index in [9.17, 15) is 19.1 Å². The highest BCUT2D eigenvalue weighted by Gasteiger charge is 2.21. The number of anilines is 1. The SMILES string of the molecule is CCOC(=O)N(CC(O)CCl)c1ccc(OC(C)=O)c(F)c1. The molecule has 0 saturated heterocycles. The number of hydrogen-bond acceptors (Lipinski definition) is 5. The van der Waals surface area contributed by atoms with E-state index in [2.05, 4.69) is 4.74 Å². The molecule has 0 aliphatic carbocycles. The molecule has 1 rings (SSSR count). The molecule has 0 aliphatic rings. The summed E-state index contributed by atoms with van der Waals surface area (Å²) in [5.41, 5.74) is 0.149. The molecular formula is C14H17ClFNO5. The van der Waals surface area contributed by atoms with E-state index in [1.165, 1.54) is 12.1 Å². The highest BCUT2D eigenvalue weighted by Crippen LogP contribution is 2.25. The van der Waals surface area contributed by atoms with Crippen molar-refractivity contribution >= 4 is 29.4 Å². The van der Waals surface area contributed by atoms with Gasteiger partial charge in [0.25, 0.3) is 0 Å². The summed E-state index contributed by atoms with van der Waals surface area (Å²) in [6, 6.07) is 3.60. The van der Waals surface area contributed by atoms with Gasteiger partial charge in [-0.15, -0.1) is 11.6 Å². The summed E-state index contributed by atoms with van der Waals surface area (Å²) in [6.07, 6.45) is -1.74. The molecule has 0 aliphatic heterocycles. The lowest BCUT2D eigenvalue weighted by Gasteiger charge is -2.24. The fraction of sp³-hybridized carbons (Fsp3) is 0.429. The number of rotatable bonds is 6. The summed E-state index contributed by atoms with van der Waals surface area (Å²) in [5.74, 6) is -1.82. The van der Waals surface area contributed by atoms with Gasteiger partial charge in [0.2, 0.25) is 0 Å². The number of amides is 1. The minimum Gasteiger partial charge on any atom is -0.449 e. The average Bonchev–Trinajstić information content (AvgIpc) is 2.46.